The van der Waals surface area contributed by atoms with Crippen LogP contribution in [0, 0.1) is 6.92 Å². The number of thiazole rings is 1. The second-order valence-electron chi connectivity index (χ2n) is 8.99. The number of hydrogen-bond acceptors (Lipinski definition) is 5. The first-order valence-electron chi connectivity index (χ1n) is 11.5. The van der Waals surface area contributed by atoms with Gasteiger partial charge in [0, 0.05) is 27.5 Å². The molecule has 8 nitrogen and oxygen atoms in total. The lowest BCUT2D eigenvalue weighted by molar-refractivity contribution is -0.134. The van der Waals surface area contributed by atoms with E-state index in [1.165, 1.54) is 11.3 Å². The number of aromatic nitrogens is 2. The van der Waals surface area contributed by atoms with Gasteiger partial charge >= 0.3 is 6.03 Å². The summed E-state index contributed by atoms with van der Waals surface area (Å²) in [6.07, 6.45) is 2.18. The number of carbonyl (C=O) groups is 3. The summed E-state index contributed by atoms with van der Waals surface area (Å²) in [5.41, 5.74) is 4.56. The van der Waals surface area contributed by atoms with Crippen molar-refractivity contribution >= 4 is 45.2 Å². The zero-order valence-corrected chi connectivity index (χ0v) is 19.9. The molecule has 1 aliphatic carbocycles. The van der Waals surface area contributed by atoms with Crippen molar-refractivity contribution in [2.45, 2.75) is 31.7 Å². The van der Waals surface area contributed by atoms with Crippen LogP contribution in [0.25, 0.3) is 22.2 Å². The smallest absolute Gasteiger partial charge is 0.325 e. The highest BCUT2D eigenvalue weighted by molar-refractivity contribution is 7.14. The molecule has 1 unspecified atom stereocenters. The number of imide groups is 1. The molecule has 0 radical (unpaired) electrons. The molecule has 35 heavy (non-hydrogen) atoms. The van der Waals surface area contributed by atoms with Crippen LogP contribution in [0.3, 0.4) is 0 Å². The molecule has 9 heteroatoms. The van der Waals surface area contributed by atoms with Crippen molar-refractivity contribution in [2.24, 2.45) is 0 Å². The summed E-state index contributed by atoms with van der Waals surface area (Å²) in [6.45, 7) is 1.62. The monoisotopic (exact) mass is 485 g/mol. The van der Waals surface area contributed by atoms with Crippen LogP contribution in [0.5, 0.6) is 0 Å². The molecule has 1 aliphatic heterocycles. The third-order valence-corrected chi connectivity index (χ3v) is 7.61. The molecule has 0 saturated carbocycles. The van der Waals surface area contributed by atoms with Crippen LogP contribution in [-0.4, -0.2) is 39.3 Å². The molecule has 4 amide bonds. The van der Waals surface area contributed by atoms with Gasteiger partial charge in [0.2, 0.25) is 5.91 Å². The largest absolute Gasteiger partial charge is 0.358 e. The Hall–Kier alpha value is -3.98. The number of nitrogens with zero attached hydrogens (tertiary/aromatic N) is 2. The molecule has 3 heterocycles. The summed E-state index contributed by atoms with van der Waals surface area (Å²) in [5.74, 6) is -0.842. The highest BCUT2D eigenvalue weighted by atomic mass is 32.1. The molecule has 2 aromatic heterocycles. The Morgan fingerprint density at radius 3 is 2.86 bits per heavy atom. The number of para-hydroxylation sites is 1. The van der Waals surface area contributed by atoms with Crippen molar-refractivity contribution in [3.05, 3.63) is 70.7 Å². The van der Waals surface area contributed by atoms with Crippen LogP contribution in [0.1, 0.15) is 29.7 Å². The number of aryl methyl sites for hydroxylation is 2. The second kappa shape index (κ2) is 8.06. The van der Waals surface area contributed by atoms with Gasteiger partial charge in [-0.1, -0.05) is 42.5 Å². The van der Waals surface area contributed by atoms with Gasteiger partial charge in [-0.15, -0.1) is 11.3 Å². The fraction of sp³-hybridized carbons (Fsp3) is 0.231. The SMILES string of the molecule is Cc1[nH]c2ccccc2c1-c1csc(NC(=O)CN2C(=O)NC3(CCCc4ccccc43)C2=O)n1. The van der Waals surface area contributed by atoms with Crippen LogP contribution < -0.4 is 10.6 Å². The molecular weight excluding hydrogens is 462 g/mol. The maximum absolute atomic E-state index is 13.4. The Morgan fingerprint density at radius 2 is 1.97 bits per heavy atom. The predicted octanol–water partition coefficient (Wildman–Crippen LogP) is 4.32. The molecule has 0 bridgehead atoms. The van der Waals surface area contributed by atoms with Crippen molar-refractivity contribution in [1.29, 1.82) is 0 Å². The standard InChI is InChI=1S/C26H23N5O3S/c1-15-22(17-9-3-5-11-19(17)27-15)20-14-35-24(28-20)29-21(32)13-31-23(33)26(30-25(31)34)12-6-8-16-7-2-4-10-18(16)26/h2-5,7,9-11,14,27H,6,8,12-13H2,1H3,(H,30,34)(H,28,29,32). The minimum absolute atomic E-state index is 0.365. The quantitative estimate of drug-likeness (QED) is 0.374. The molecular formula is C26H23N5O3S. The first-order valence-corrected chi connectivity index (χ1v) is 12.4. The number of fused-ring (bicyclic) bond motifs is 3. The van der Waals surface area contributed by atoms with Gasteiger partial charge < -0.3 is 15.6 Å². The van der Waals surface area contributed by atoms with Gasteiger partial charge in [0.05, 0.1) is 5.69 Å². The van der Waals surface area contributed by atoms with Gasteiger partial charge in [0.25, 0.3) is 5.91 Å². The maximum atomic E-state index is 13.4. The number of amides is 4. The molecule has 1 saturated heterocycles. The number of benzene rings is 2. The minimum atomic E-state index is -1.09. The van der Waals surface area contributed by atoms with Gasteiger partial charge in [0.1, 0.15) is 12.1 Å². The van der Waals surface area contributed by atoms with Crippen molar-refractivity contribution in [3.8, 4) is 11.3 Å². The Bertz CT molecular complexity index is 1510. The Labute approximate surface area is 205 Å². The van der Waals surface area contributed by atoms with Crippen LogP contribution in [-0.2, 0) is 21.5 Å². The van der Waals surface area contributed by atoms with E-state index in [4.69, 9.17) is 0 Å². The predicted molar refractivity (Wildman–Crippen MR) is 134 cm³/mol. The second-order valence-corrected chi connectivity index (χ2v) is 9.85. The Morgan fingerprint density at radius 1 is 1.17 bits per heavy atom. The summed E-state index contributed by atoms with van der Waals surface area (Å²) in [4.78, 5) is 48.0. The van der Waals surface area contributed by atoms with E-state index in [0.29, 0.717) is 11.6 Å². The van der Waals surface area contributed by atoms with Crippen molar-refractivity contribution in [1.82, 2.24) is 20.2 Å². The Kier molecular flexibility index (Phi) is 4.96. The minimum Gasteiger partial charge on any atom is -0.358 e. The van der Waals surface area contributed by atoms with E-state index in [0.717, 1.165) is 56.7 Å². The number of nitrogens with one attached hydrogen (secondary N) is 3. The molecule has 4 aromatic rings. The summed E-state index contributed by atoms with van der Waals surface area (Å²) in [6, 6.07) is 15.1. The number of carbonyl (C=O) groups excluding carboxylic acids is 3. The zero-order valence-electron chi connectivity index (χ0n) is 19.1. The number of rotatable bonds is 4. The van der Waals surface area contributed by atoms with E-state index in [2.05, 4.69) is 20.6 Å². The zero-order chi connectivity index (χ0) is 24.2. The molecule has 1 spiro atoms. The van der Waals surface area contributed by atoms with Crippen LogP contribution in [0.15, 0.2) is 53.9 Å². The maximum Gasteiger partial charge on any atom is 0.325 e. The van der Waals surface area contributed by atoms with Crippen molar-refractivity contribution < 1.29 is 14.4 Å². The van der Waals surface area contributed by atoms with Gasteiger partial charge in [-0.3, -0.25) is 14.5 Å². The summed E-state index contributed by atoms with van der Waals surface area (Å²) < 4.78 is 0. The summed E-state index contributed by atoms with van der Waals surface area (Å²) in [7, 11) is 0. The fourth-order valence-electron chi connectivity index (χ4n) is 5.31. The highest BCUT2D eigenvalue weighted by Crippen LogP contribution is 2.40. The van der Waals surface area contributed by atoms with Gasteiger partial charge in [-0.2, -0.15) is 0 Å². The van der Waals surface area contributed by atoms with Gasteiger partial charge in [-0.25, -0.2) is 9.78 Å². The Balaban J connectivity index is 1.20. The number of H-pyrrole nitrogens is 1. The number of anilines is 1. The third kappa shape index (κ3) is 3.42. The third-order valence-electron chi connectivity index (χ3n) is 6.85. The van der Waals surface area contributed by atoms with Crippen molar-refractivity contribution in [2.75, 3.05) is 11.9 Å². The number of hydrogen-bond donors (Lipinski definition) is 3. The highest BCUT2D eigenvalue weighted by Gasteiger charge is 2.54. The molecule has 2 aromatic carbocycles. The van der Waals surface area contributed by atoms with E-state index >= 15 is 0 Å². The van der Waals surface area contributed by atoms with E-state index in [1.54, 1.807) is 0 Å². The van der Waals surface area contributed by atoms with Crippen molar-refractivity contribution in [3.63, 3.8) is 0 Å². The van der Waals surface area contributed by atoms with Gasteiger partial charge in [0.15, 0.2) is 5.13 Å². The first kappa shape index (κ1) is 21.5. The van der Waals surface area contributed by atoms with Crippen LogP contribution in [0.4, 0.5) is 9.93 Å². The fourth-order valence-corrected chi connectivity index (χ4v) is 6.03. The molecule has 6 rings (SSSR count). The van der Waals surface area contributed by atoms with Crippen LogP contribution in [0.2, 0.25) is 0 Å². The lowest BCUT2D eigenvalue weighted by atomic mass is 9.76. The molecule has 2 aliphatic rings. The van der Waals surface area contributed by atoms with Gasteiger partial charge in [-0.05, 0) is 43.4 Å². The molecule has 1 atom stereocenters. The number of urea groups is 1. The lowest BCUT2D eigenvalue weighted by Gasteiger charge is -2.33. The van der Waals surface area contributed by atoms with Crippen LogP contribution >= 0.6 is 11.3 Å². The van der Waals surface area contributed by atoms with E-state index in [1.807, 2.05) is 60.8 Å². The molecule has 176 valence electrons. The molecule has 1 fully saturated rings. The van der Waals surface area contributed by atoms with E-state index < -0.39 is 17.5 Å². The number of aromatic amines is 1. The average molecular weight is 486 g/mol. The average Bonchev–Trinajstić information content (AvgIpc) is 3.50. The lowest BCUT2D eigenvalue weighted by Crippen LogP contribution is -2.47. The summed E-state index contributed by atoms with van der Waals surface area (Å²) >= 11 is 1.30. The molecule has 3 N–H and O–H groups in total. The van der Waals surface area contributed by atoms with E-state index in [-0.39, 0.29) is 12.5 Å². The topological polar surface area (TPSA) is 107 Å². The summed E-state index contributed by atoms with van der Waals surface area (Å²) in [5, 5.41) is 9.00. The van der Waals surface area contributed by atoms with E-state index in [9.17, 15) is 14.4 Å². The normalized spacial score (nSPS) is 19.3. The first-order chi connectivity index (χ1) is 17.0.